The number of esters is 1. The second kappa shape index (κ2) is 19.6. The van der Waals surface area contributed by atoms with Gasteiger partial charge in [-0.05, 0) is 75.8 Å². The Morgan fingerprint density at radius 2 is 1.67 bits per heavy atom. The van der Waals surface area contributed by atoms with E-state index in [0.29, 0.717) is 19.6 Å². The zero-order valence-corrected chi connectivity index (χ0v) is 32.9. The number of amides is 1. The van der Waals surface area contributed by atoms with Gasteiger partial charge in [0.25, 0.3) is 14.1 Å². The van der Waals surface area contributed by atoms with Crippen LogP contribution in [0.3, 0.4) is 0 Å². The highest BCUT2D eigenvalue weighted by atomic mass is 31.2. The SMILES string of the molecule is [2H]C[C@H]1O[C@@H](n2cc(/C=C/C(=O)NCCCCCCCC(=O)OCC3c4ccccc4-c4ccccc43)c(=O)[nH]c2=O)C[C@H]1OP(OC)N(C(C)C)C(C)C. The lowest BCUT2D eigenvalue weighted by molar-refractivity contribution is -0.144. The Morgan fingerprint density at radius 3 is 2.31 bits per heavy atom. The number of fused-ring (bicyclic) bond motifs is 3. The van der Waals surface area contributed by atoms with Gasteiger partial charge in [-0.15, -0.1) is 0 Å². The van der Waals surface area contributed by atoms with Crippen LogP contribution in [0, 0.1) is 0 Å². The van der Waals surface area contributed by atoms with E-state index in [1.165, 1.54) is 45.2 Å². The van der Waals surface area contributed by atoms with Crippen LogP contribution in [-0.2, 0) is 28.1 Å². The minimum Gasteiger partial charge on any atom is -0.465 e. The van der Waals surface area contributed by atoms with Gasteiger partial charge >= 0.3 is 11.7 Å². The molecule has 1 saturated heterocycles. The van der Waals surface area contributed by atoms with Crippen molar-refractivity contribution in [1.82, 2.24) is 19.5 Å². The predicted molar refractivity (Wildman–Crippen MR) is 211 cm³/mol. The van der Waals surface area contributed by atoms with Crippen LogP contribution in [0.4, 0.5) is 0 Å². The Bertz CT molecular complexity index is 1840. The van der Waals surface area contributed by atoms with Gasteiger partial charge in [0.1, 0.15) is 12.8 Å². The topological polar surface area (TPSA) is 141 Å². The summed E-state index contributed by atoms with van der Waals surface area (Å²) in [4.78, 5) is 52.8. The van der Waals surface area contributed by atoms with Gasteiger partial charge in [0.15, 0.2) is 0 Å². The van der Waals surface area contributed by atoms with Crippen molar-refractivity contribution in [2.24, 2.45) is 0 Å². The van der Waals surface area contributed by atoms with Gasteiger partial charge in [0, 0.05) is 58.1 Å². The molecule has 3 aromatic rings. The maximum absolute atomic E-state index is 12.8. The number of rotatable bonds is 19. The Morgan fingerprint density at radius 1 is 1.02 bits per heavy atom. The summed E-state index contributed by atoms with van der Waals surface area (Å²) in [6.07, 6.45) is 7.00. The number of nitrogens with zero attached hydrogens (tertiary/aromatic N) is 2. The van der Waals surface area contributed by atoms with Gasteiger partial charge in [-0.25, -0.2) is 9.46 Å². The Balaban J connectivity index is 1.01. The van der Waals surface area contributed by atoms with Crippen LogP contribution in [0.5, 0.6) is 0 Å². The molecule has 0 radical (unpaired) electrons. The fraction of sp³-hybridized carbons (Fsp3) is 0.512. The molecule has 292 valence electrons. The molecule has 1 fully saturated rings. The maximum Gasteiger partial charge on any atom is 0.330 e. The lowest BCUT2D eigenvalue weighted by atomic mass is 9.98. The second-order valence-electron chi connectivity index (χ2n) is 14.3. The summed E-state index contributed by atoms with van der Waals surface area (Å²) < 4.78 is 35.3. The number of carbonyl (C=O) groups excluding carboxylic acids is 2. The fourth-order valence-corrected chi connectivity index (χ4v) is 8.74. The molecule has 2 N–H and O–H groups in total. The first kappa shape index (κ1) is 39.8. The lowest BCUT2D eigenvalue weighted by Gasteiger charge is -2.36. The Hall–Kier alpha value is -3.93. The maximum atomic E-state index is 12.8. The minimum atomic E-state index is -1.44. The number of hydrogen-bond donors (Lipinski definition) is 2. The highest BCUT2D eigenvalue weighted by molar-refractivity contribution is 7.44. The highest BCUT2D eigenvalue weighted by Gasteiger charge is 2.39. The van der Waals surface area contributed by atoms with Crippen molar-refractivity contribution in [3.63, 3.8) is 0 Å². The summed E-state index contributed by atoms with van der Waals surface area (Å²) in [5.74, 6) is -0.487. The van der Waals surface area contributed by atoms with Gasteiger partial charge in [0.2, 0.25) is 5.91 Å². The van der Waals surface area contributed by atoms with E-state index in [1.807, 2.05) is 24.3 Å². The molecule has 2 aromatic carbocycles. The molecule has 0 saturated carbocycles. The van der Waals surface area contributed by atoms with Gasteiger partial charge in [-0.2, -0.15) is 0 Å². The molecular weight excluding hydrogens is 707 g/mol. The number of hydrogen-bond acceptors (Lipinski definition) is 9. The summed E-state index contributed by atoms with van der Waals surface area (Å²) in [6.45, 7) is 8.96. The molecule has 0 spiro atoms. The van der Waals surface area contributed by atoms with E-state index in [2.05, 4.69) is 66.9 Å². The molecule has 1 aromatic heterocycles. The van der Waals surface area contributed by atoms with Crippen LogP contribution in [0.25, 0.3) is 17.2 Å². The summed E-state index contributed by atoms with van der Waals surface area (Å²) in [7, 11) is 0.150. The monoisotopic (exact) mass is 763 g/mol. The van der Waals surface area contributed by atoms with Gasteiger partial charge in [0.05, 0.1) is 17.8 Å². The number of aromatic amines is 1. The first-order valence-corrected chi connectivity index (χ1v) is 20.0. The van der Waals surface area contributed by atoms with Crippen LogP contribution in [0.1, 0.15) is 110 Å². The van der Waals surface area contributed by atoms with Crippen molar-refractivity contribution < 1.29 is 29.5 Å². The zero-order valence-electron chi connectivity index (χ0n) is 33.0. The Labute approximate surface area is 320 Å². The minimum absolute atomic E-state index is 0.0568. The summed E-state index contributed by atoms with van der Waals surface area (Å²) in [6, 6.07) is 16.9. The third-order valence-corrected chi connectivity index (χ3v) is 11.8. The molecule has 1 amide bonds. The van der Waals surface area contributed by atoms with Gasteiger partial charge < -0.3 is 23.8 Å². The first-order chi connectivity index (χ1) is 26.5. The molecular formula is C41H55N4O8P. The van der Waals surface area contributed by atoms with Crippen molar-refractivity contribution in [1.29, 1.82) is 0 Å². The van der Waals surface area contributed by atoms with Crippen molar-refractivity contribution >= 4 is 26.5 Å². The number of aromatic nitrogens is 2. The molecule has 5 rings (SSSR count). The zero-order chi connectivity index (χ0) is 39.5. The number of H-pyrrole nitrogens is 1. The smallest absolute Gasteiger partial charge is 0.330 e. The first-order valence-electron chi connectivity index (χ1n) is 19.6. The number of unbranched alkanes of at least 4 members (excludes halogenated alkanes) is 4. The van der Waals surface area contributed by atoms with E-state index in [1.54, 1.807) is 7.11 Å². The standard InChI is InChI=1S/C41H55N4O8P/c1-27(2)45(28(3)4)54(50-6)53-36-24-38(52-29(36)5)44-25-30(40(48)43-41(44)49)21-22-37(46)42-23-15-9-7-8-10-20-39(47)51-26-35-33-18-13-11-16-31(33)32-17-12-14-19-34(32)35/h11-14,16-19,21-22,25,27-29,35-36,38H,7-10,15,20,23-24,26H2,1-6H3,(H,42,46)(H,43,48,49)/b22-21+/t29-,36-,38-,54?/m1/s1/i5D. The van der Waals surface area contributed by atoms with Crippen molar-refractivity contribution in [2.45, 2.75) is 116 Å². The van der Waals surface area contributed by atoms with Crippen LogP contribution < -0.4 is 16.6 Å². The van der Waals surface area contributed by atoms with E-state index < -0.39 is 38.2 Å². The molecule has 1 aliphatic heterocycles. The third-order valence-electron chi connectivity index (χ3n) is 9.76. The number of benzene rings is 2. The van der Waals surface area contributed by atoms with Crippen LogP contribution in [0.15, 0.2) is 70.4 Å². The molecule has 1 aliphatic carbocycles. The average molecular weight is 764 g/mol. The number of carbonyl (C=O) groups is 2. The van der Waals surface area contributed by atoms with Gasteiger partial charge in [-0.3, -0.25) is 23.9 Å². The third kappa shape index (κ3) is 10.4. The van der Waals surface area contributed by atoms with Crippen LogP contribution in [-0.4, -0.2) is 70.7 Å². The quantitative estimate of drug-likeness (QED) is 0.0569. The fourth-order valence-electron chi connectivity index (χ4n) is 7.15. The highest BCUT2D eigenvalue weighted by Crippen LogP contribution is 2.49. The Kier molecular flexibility index (Phi) is 14.4. The van der Waals surface area contributed by atoms with E-state index in [-0.39, 0.29) is 48.8 Å². The lowest BCUT2D eigenvalue weighted by Crippen LogP contribution is -2.35. The normalized spacial score (nSPS) is 19.0. The van der Waals surface area contributed by atoms with E-state index in [4.69, 9.17) is 19.9 Å². The summed E-state index contributed by atoms with van der Waals surface area (Å²) in [5.41, 5.74) is 3.65. The largest absolute Gasteiger partial charge is 0.465 e. The molecule has 54 heavy (non-hydrogen) atoms. The van der Waals surface area contributed by atoms with E-state index >= 15 is 0 Å². The van der Waals surface area contributed by atoms with Crippen LogP contribution in [0.2, 0.25) is 0 Å². The summed E-state index contributed by atoms with van der Waals surface area (Å²) in [5, 5.41) is 2.83. The second-order valence-corrected chi connectivity index (χ2v) is 15.8. The molecule has 2 aliphatic rings. The van der Waals surface area contributed by atoms with Crippen LogP contribution >= 0.6 is 8.53 Å². The molecule has 1 unspecified atom stereocenters. The summed E-state index contributed by atoms with van der Waals surface area (Å²) >= 11 is 0. The molecule has 4 atom stereocenters. The molecule has 2 heterocycles. The average Bonchev–Trinajstić information content (AvgIpc) is 3.72. The van der Waals surface area contributed by atoms with E-state index in [9.17, 15) is 19.2 Å². The predicted octanol–water partition coefficient (Wildman–Crippen LogP) is 7.05. The number of nitrogens with one attached hydrogen (secondary N) is 2. The molecule has 13 heteroatoms. The van der Waals surface area contributed by atoms with Gasteiger partial charge in [-0.1, -0.05) is 67.8 Å². The van der Waals surface area contributed by atoms with Crippen molar-refractivity contribution in [2.75, 3.05) is 20.3 Å². The number of ether oxygens (including phenoxy) is 2. The van der Waals surface area contributed by atoms with Crippen molar-refractivity contribution in [3.8, 4) is 11.1 Å². The van der Waals surface area contributed by atoms with Crippen molar-refractivity contribution in [3.05, 3.63) is 98.3 Å². The molecule has 0 bridgehead atoms. The molecule has 12 nitrogen and oxygen atoms in total. The van der Waals surface area contributed by atoms with E-state index in [0.717, 1.165) is 32.1 Å².